The second-order valence-electron chi connectivity index (χ2n) is 4.26. The molecular weight excluding hydrogens is 258 g/mol. The number of hydrogen-bond donors (Lipinski definition) is 0. The number of hydrogen-bond acceptors (Lipinski definition) is 2. The van der Waals surface area contributed by atoms with Gasteiger partial charge in [0.25, 0.3) is 0 Å². The summed E-state index contributed by atoms with van der Waals surface area (Å²) in [5, 5.41) is 2.79. The fraction of sp³-hybridized carbons (Fsp3) is 0.0625. The minimum atomic E-state index is 0.484. The topological polar surface area (TPSA) is 22.1 Å². The Labute approximate surface area is 116 Å². The first-order valence-electron chi connectivity index (χ1n) is 6.04. The van der Waals surface area contributed by atoms with E-state index in [0.29, 0.717) is 11.8 Å². The maximum Gasteiger partial charge on any atom is 0.129 e. The summed E-state index contributed by atoms with van der Waals surface area (Å²) in [5.41, 5.74) is 0.998. The summed E-state index contributed by atoms with van der Waals surface area (Å²) in [6.07, 6.45) is 1.73. The molecule has 1 heterocycles. The van der Waals surface area contributed by atoms with Crippen molar-refractivity contribution in [1.82, 2.24) is 4.98 Å². The average molecular weight is 270 g/mol. The van der Waals surface area contributed by atoms with Gasteiger partial charge in [-0.1, -0.05) is 54.1 Å². The van der Waals surface area contributed by atoms with Crippen molar-refractivity contribution in [2.75, 3.05) is 0 Å². The smallest absolute Gasteiger partial charge is 0.129 e. The van der Waals surface area contributed by atoms with Crippen LogP contribution in [0.3, 0.4) is 0 Å². The van der Waals surface area contributed by atoms with E-state index in [2.05, 4.69) is 23.2 Å². The van der Waals surface area contributed by atoms with E-state index in [-0.39, 0.29) is 0 Å². The van der Waals surface area contributed by atoms with E-state index in [1.807, 2.05) is 30.3 Å². The molecule has 0 bridgehead atoms. The Morgan fingerprint density at radius 1 is 0.947 bits per heavy atom. The maximum atomic E-state index is 5.86. The van der Waals surface area contributed by atoms with Crippen LogP contribution in [0.5, 0.6) is 5.75 Å². The van der Waals surface area contributed by atoms with Gasteiger partial charge in [-0.2, -0.15) is 0 Å². The lowest BCUT2D eigenvalue weighted by atomic mass is 10.1. The number of benzene rings is 2. The van der Waals surface area contributed by atoms with Gasteiger partial charge in [0.2, 0.25) is 0 Å². The molecule has 0 aliphatic heterocycles. The number of pyridine rings is 1. The lowest BCUT2D eigenvalue weighted by molar-refractivity contribution is 0.309. The van der Waals surface area contributed by atoms with Crippen molar-refractivity contribution in [1.29, 1.82) is 0 Å². The highest BCUT2D eigenvalue weighted by molar-refractivity contribution is 6.29. The molecule has 0 aliphatic rings. The Hall–Kier alpha value is -2.06. The summed E-state index contributed by atoms with van der Waals surface area (Å²) < 4.78 is 5.86. The van der Waals surface area contributed by atoms with Crippen LogP contribution in [0.15, 0.2) is 60.8 Å². The third-order valence-electron chi connectivity index (χ3n) is 2.93. The highest BCUT2D eigenvalue weighted by atomic mass is 35.5. The van der Waals surface area contributed by atoms with Gasteiger partial charge >= 0.3 is 0 Å². The largest absolute Gasteiger partial charge is 0.488 e. The van der Waals surface area contributed by atoms with E-state index in [0.717, 1.165) is 16.7 Å². The van der Waals surface area contributed by atoms with E-state index in [1.165, 1.54) is 5.39 Å². The molecule has 19 heavy (non-hydrogen) atoms. The van der Waals surface area contributed by atoms with Crippen LogP contribution in [0.2, 0.25) is 5.15 Å². The zero-order valence-corrected chi connectivity index (χ0v) is 11.0. The molecule has 0 aliphatic carbocycles. The van der Waals surface area contributed by atoms with Crippen molar-refractivity contribution >= 4 is 22.4 Å². The van der Waals surface area contributed by atoms with Crippen LogP contribution in [0.4, 0.5) is 0 Å². The molecule has 3 rings (SSSR count). The Bertz CT molecular complexity index is 689. The van der Waals surface area contributed by atoms with Gasteiger partial charge in [-0.15, -0.1) is 0 Å². The van der Waals surface area contributed by atoms with Crippen molar-refractivity contribution in [2.24, 2.45) is 0 Å². The number of nitrogens with zero attached hydrogens (tertiary/aromatic N) is 1. The van der Waals surface area contributed by atoms with Gasteiger partial charge in [-0.25, -0.2) is 4.98 Å². The highest BCUT2D eigenvalue weighted by Crippen LogP contribution is 2.25. The Morgan fingerprint density at radius 3 is 2.63 bits per heavy atom. The van der Waals surface area contributed by atoms with E-state index in [4.69, 9.17) is 16.3 Å². The van der Waals surface area contributed by atoms with E-state index in [1.54, 1.807) is 12.3 Å². The molecule has 3 heteroatoms. The number of ether oxygens (including phenoxy) is 1. The van der Waals surface area contributed by atoms with Crippen LogP contribution in [-0.2, 0) is 6.61 Å². The molecule has 0 N–H and O–H groups in total. The van der Waals surface area contributed by atoms with Crippen molar-refractivity contribution in [3.63, 3.8) is 0 Å². The van der Waals surface area contributed by atoms with Gasteiger partial charge in [0.1, 0.15) is 17.5 Å². The van der Waals surface area contributed by atoms with Crippen LogP contribution in [0.1, 0.15) is 5.56 Å². The molecule has 0 radical (unpaired) electrons. The number of aromatic nitrogens is 1. The van der Waals surface area contributed by atoms with Crippen molar-refractivity contribution in [3.8, 4) is 5.75 Å². The molecule has 0 saturated heterocycles. The first-order valence-corrected chi connectivity index (χ1v) is 6.42. The van der Waals surface area contributed by atoms with Crippen LogP contribution in [-0.4, -0.2) is 4.98 Å². The Morgan fingerprint density at radius 2 is 1.79 bits per heavy atom. The van der Waals surface area contributed by atoms with Crippen molar-refractivity contribution in [3.05, 3.63) is 71.5 Å². The molecule has 0 spiro atoms. The quantitative estimate of drug-likeness (QED) is 0.655. The summed E-state index contributed by atoms with van der Waals surface area (Å²) in [4.78, 5) is 4.04. The summed E-state index contributed by atoms with van der Waals surface area (Å²) >= 11 is 5.76. The monoisotopic (exact) mass is 269 g/mol. The predicted octanol–water partition coefficient (Wildman–Crippen LogP) is 4.47. The minimum Gasteiger partial charge on any atom is -0.488 e. The standard InChI is InChI=1S/C16H12ClNO/c17-16-9-8-12(10-18-16)11-19-15-7-3-5-13-4-1-2-6-14(13)15/h1-10H,11H2. The van der Waals surface area contributed by atoms with Crippen molar-refractivity contribution in [2.45, 2.75) is 6.61 Å². The fourth-order valence-electron chi connectivity index (χ4n) is 1.97. The molecule has 3 aromatic rings. The maximum absolute atomic E-state index is 5.86. The fourth-order valence-corrected chi connectivity index (χ4v) is 2.09. The van der Waals surface area contributed by atoms with E-state index in [9.17, 15) is 0 Å². The van der Waals surface area contributed by atoms with Gasteiger partial charge in [0, 0.05) is 17.1 Å². The summed E-state index contributed by atoms with van der Waals surface area (Å²) in [6, 6.07) is 17.9. The van der Waals surface area contributed by atoms with Crippen LogP contribution >= 0.6 is 11.6 Å². The summed E-state index contributed by atoms with van der Waals surface area (Å²) in [5.74, 6) is 0.882. The zero-order chi connectivity index (χ0) is 13.1. The van der Waals surface area contributed by atoms with E-state index < -0.39 is 0 Å². The number of rotatable bonds is 3. The molecule has 2 nitrogen and oxygen atoms in total. The Balaban J connectivity index is 1.84. The first kappa shape index (κ1) is 12.0. The average Bonchev–Trinajstić information content (AvgIpc) is 2.47. The molecule has 0 atom stereocenters. The van der Waals surface area contributed by atoms with Gasteiger partial charge in [0.15, 0.2) is 0 Å². The normalized spacial score (nSPS) is 10.6. The molecule has 94 valence electrons. The van der Waals surface area contributed by atoms with Gasteiger partial charge < -0.3 is 4.74 Å². The minimum absolute atomic E-state index is 0.484. The van der Waals surface area contributed by atoms with E-state index >= 15 is 0 Å². The van der Waals surface area contributed by atoms with Crippen LogP contribution in [0.25, 0.3) is 10.8 Å². The molecule has 0 unspecified atom stereocenters. The highest BCUT2D eigenvalue weighted by Gasteiger charge is 2.02. The van der Waals surface area contributed by atoms with Gasteiger partial charge in [-0.3, -0.25) is 0 Å². The predicted molar refractivity (Wildman–Crippen MR) is 77.5 cm³/mol. The lowest BCUT2D eigenvalue weighted by Crippen LogP contribution is -1.96. The zero-order valence-electron chi connectivity index (χ0n) is 10.2. The SMILES string of the molecule is Clc1ccc(COc2cccc3ccccc23)cn1. The number of halogens is 1. The second-order valence-corrected chi connectivity index (χ2v) is 4.64. The van der Waals surface area contributed by atoms with Crippen LogP contribution in [0, 0.1) is 0 Å². The van der Waals surface area contributed by atoms with Crippen molar-refractivity contribution < 1.29 is 4.74 Å². The van der Waals surface area contributed by atoms with Gasteiger partial charge in [-0.05, 0) is 17.5 Å². The molecular formula is C16H12ClNO. The lowest BCUT2D eigenvalue weighted by Gasteiger charge is -2.09. The molecule has 2 aromatic carbocycles. The second kappa shape index (κ2) is 5.29. The summed E-state index contributed by atoms with van der Waals surface area (Å²) in [7, 11) is 0. The first-order chi connectivity index (χ1) is 9.33. The number of fused-ring (bicyclic) bond motifs is 1. The Kier molecular flexibility index (Phi) is 3.34. The summed E-state index contributed by atoms with van der Waals surface area (Å²) in [6.45, 7) is 0.484. The van der Waals surface area contributed by atoms with Gasteiger partial charge in [0.05, 0.1) is 0 Å². The molecule has 0 saturated carbocycles. The third kappa shape index (κ3) is 2.69. The molecule has 0 fully saturated rings. The molecule has 0 amide bonds. The van der Waals surface area contributed by atoms with Crippen LogP contribution < -0.4 is 4.74 Å². The molecule has 1 aromatic heterocycles. The third-order valence-corrected chi connectivity index (χ3v) is 3.16.